The number of alkyl halides is 3. The minimum absolute atomic E-state index is 0.0996. The average molecular weight is 258 g/mol. The van der Waals surface area contributed by atoms with Gasteiger partial charge >= 0.3 is 6.18 Å². The highest BCUT2D eigenvalue weighted by Gasteiger charge is 2.34. The molecule has 2 nitrogen and oxygen atoms in total. The van der Waals surface area contributed by atoms with Gasteiger partial charge in [0.1, 0.15) is 5.75 Å². The molecule has 0 unspecified atom stereocenters. The molecule has 0 bridgehead atoms. The van der Waals surface area contributed by atoms with Crippen molar-refractivity contribution in [1.29, 1.82) is 0 Å². The lowest BCUT2D eigenvalue weighted by Gasteiger charge is -2.14. The molecule has 0 radical (unpaired) electrons. The summed E-state index contributed by atoms with van der Waals surface area (Å²) in [5, 5.41) is 8.84. The molecule has 0 saturated heterocycles. The number of hydrogen-bond acceptors (Lipinski definition) is 2. The molecule has 0 heterocycles. The van der Waals surface area contributed by atoms with E-state index in [9.17, 15) is 13.2 Å². The summed E-state index contributed by atoms with van der Waals surface area (Å²) in [6.07, 6.45) is -4.13. The molecule has 0 atom stereocenters. The van der Waals surface area contributed by atoms with Crippen LogP contribution in [0.15, 0.2) is 18.2 Å². The summed E-state index contributed by atoms with van der Waals surface area (Å²) in [7, 11) is 0. The third kappa shape index (κ3) is 3.97. The number of halogens is 3. The van der Waals surface area contributed by atoms with Gasteiger partial charge in [0.05, 0.1) is 18.8 Å². The van der Waals surface area contributed by atoms with Crippen LogP contribution in [0.25, 0.3) is 0 Å². The molecule has 0 amide bonds. The van der Waals surface area contributed by atoms with Gasteiger partial charge in [-0.25, -0.2) is 0 Å². The highest BCUT2D eigenvalue weighted by molar-refractivity contribution is 5.39. The third-order valence-electron chi connectivity index (χ3n) is 2.19. The van der Waals surface area contributed by atoms with Gasteiger partial charge in [-0.3, -0.25) is 0 Å². The zero-order valence-corrected chi connectivity index (χ0v) is 9.84. The summed E-state index contributed by atoms with van der Waals surface area (Å²) in [5.74, 6) is 5.10. The largest absolute Gasteiger partial charge is 0.492 e. The zero-order chi connectivity index (χ0) is 13.6. The smallest absolute Gasteiger partial charge is 0.419 e. The second-order valence-corrected chi connectivity index (χ2v) is 3.51. The van der Waals surface area contributed by atoms with Crippen LogP contribution in [-0.2, 0) is 12.8 Å². The van der Waals surface area contributed by atoms with Gasteiger partial charge in [0, 0.05) is 6.42 Å². The highest BCUT2D eigenvalue weighted by Crippen LogP contribution is 2.36. The Morgan fingerprint density at radius 1 is 1.33 bits per heavy atom. The molecule has 0 aliphatic rings. The number of rotatable bonds is 4. The topological polar surface area (TPSA) is 29.5 Å². The number of ether oxygens (including phenoxy) is 1. The summed E-state index contributed by atoms with van der Waals surface area (Å²) in [5.41, 5.74) is -0.679. The SMILES string of the molecule is CC#CCCOc1ccc(CO)cc1C(F)(F)F. The molecular formula is C13H13F3O2. The molecule has 1 aromatic carbocycles. The van der Waals surface area contributed by atoms with Gasteiger partial charge in [0.2, 0.25) is 0 Å². The lowest BCUT2D eigenvalue weighted by Crippen LogP contribution is -2.10. The molecule has 1 N–H and O–H groups in total. The van der Waals surface area contributed by atoms with E-state index in [2.05, 4.69) is 11.8 Å². The highest BCUT2D eigenvalue weighted by atomic mass is 19.4. The Labute approximate surface area is 103 Å². The number of benzene rings is 1. The predicted molar refractivity (Wildman–Crippen MR) is 60.9 cm³/mol. The van der Waals surface area contributed by atoms with Crippen LogP contribution in [0, 0.1) is 11.8 Å². The van der Waals surface area contributed by atoms with E-state index in [1.165, 1.54) is 12.1 Å². The van der Waals surface area contributed by atoms with E-state index in [1.807, 2.05) is 0 Å². The maximum absolute atomic E-state index is 12.8. The van der Waals surface area contributed by atoms with Crippen LogP contribution in [0.4, 0.5) is 13.2 Å². The predicted octanol–water partition coefficient (Wildman–Crippen LogP) is 2.99. The van der Waals surface area contributed by atoms with Crippen molar-refractivity contribution in [3.8, 4) is 17.6 Å². The van der Waals surface area contributed by atoms with Gasteiger partial charge in [-0.2, -0.15) is 13.2 Å². The Hall–Kier alpha value is -1.67. The lowest BCUT2D eigenvalue weighted by atomic mass is 10.1. The van der Waals surface area contributed by atoms with Crippen molar-refractivity contribution >= 4 is 0 Å². The molecule has 0 spiro atoms. The quantitative estimate of drug-likeness (QED) is 0.664. The van der Waals surface area contributed by atoms with Crippen LogP contribution in [0.1, 0.15) is 24.5 Å². The minimum atomic E-state index is -4.50. The number of aliphatic hydroxyl groups excluding tert-OH is 1. The van der Waals surface area contributed by atoms with Crippen molar-refractivity contribution in [1.82, 2.24) is 0 Å². The molecule has 0 aliphatic heterocycles. The van der Waals surface area contributed by atoms with Crippen LogP contribution in [0.2, 0.25) is 0 Å². The van der Waals surface area contributed by atoms with Crippen LogP contribution in [0.5, 0.6) is 5.75 Å². The van der Waals surface area contributed by atoms with E-state index in [0.717, 1.165) is 6.07 Å². The van der Waals surface area contributed by atoms with Gasteiger partial charge in [-0.1, -0.05) is 6.07 Å². The van der Waals surface area contributed by atoms with Gasteiger partial charge in [0.25, 0.3) is 0 Å². The summed E-state index contributed by atoms with van der Waals surface area (Å²) >= 11 is 0. The first-order chi connectivity index (χ1) is 8.49. The zero-order valence-electron chi connectivity index (χ0n) is 9.84. The fourth-order valence-electron chi connectivity index (χ4n) is 1.36. The first kappa shape index (κ1) is 14.4. The molecule has 1 aromatic rings. The van der Waals surface area contributed by atoms with Crippen molar-refractivity contribution in [3.05, 3.63) is 29.3 Å². The van der Waals surface area contributed by atoms with Gasteiger partial charge < -0.3 is 9.84 Å². The molecule has 1 rings (SSSR count). The third-order valence-corrected chi connectivity index (χ3v) is 2.19. The molecule has 0 fully saturated rings. The molecule has 18 heavy (non-hydrogen) atoms. The summed E-state index contributed by atoms with van der Waals surface area (Å²) < 4.78 is 43.3. The standard InChI is InChI=1S/C13H13F3O2/c1-2-3-4-7-18-12-6-5-10(9-17)8-11(12)13(14,15)16/h5-6,8,17H,4,7,9H2,1H3. The Kier molecular flexibility index (Phi) is 5.05. The second-order valence-electron chi connectivity index (χ2n) is 3.51. The Balaban J connectivity index is 2.91. The van der Waals surface area contributed by atoms with Crippen LogP contribution in [-0.4, -0.2) is 11.7 Å². The van der Waals surface area contributed by atoms with Gasteiger partial charge in [-0.05, 0) is 24.6 Å². The van der Waals surface area contributed by atoms with E-state index < -0.39 is 18.3 Å². The fraction of sp³-hybridized carbons (Fsp3) is 0.385. The Bertz CT molecular complexity index is 456. The van der Waals surface area contributed by atoms with E-state index in [1.54, 1.807) is 6.92 Å². The van der Waals surface area contributed by atoms with Crippen LogP contribution >= 0.6 is 0 Å². The maximum atomic E-state index is 12.8. The number of hydrogen-bond donors (Lipinski definition) is 1. The summed E-state index contributed by atoms with van der Waals surface area (Å²) in [4.78, 5) is 0. The van der Waals surface area contributed by atoms with E-state index in [4.69, 9.17) is 9.84 Å². The molecule has 0 aromatic heterocycles. The number of aliphatic hydroxyl groups is 1. The molecular weight excluding hydrogens is 245 g/mol. The maximum Gasteiger partial charge on any atom is 0.419 e. The van der Waals surface area contributed by atoms with Crippen molar-refractivity contribution in [3.63, 3.8) is 0 Å². The van der Waals surface area contributed by atoms with E-state index >= 15 is 0 Å². The normalized spacial score (nSPS) is 10.7. The summed E-state index contributed by atoms with van der Waals surface area (Å²) in [6.45, 7) is 1.31. The van der Waals surface area contributed by atoms with Crippen LogP contribution < -0.4 is 4.74 Å². The second kappa shape index (κ2) is 6.31. The Morgan fingerprint density at radius 2 is 2.06 bits per heavy atom. The van der Waals surface area contributed by atoms with Crippen molar-refractivity contribution in [2.75, 3.05) is 6.61 Å². The summed E-state index contributed by atoms with van der Waals surface area (Å²) in [6, 6.07) is 3.50. The van der Waals surface area contributed by atoms with Crippen LogP contribution in [0.3, 0.4) is 0 Å². The first-order valence-electron chi connectivity index (χ1n) is 5.32. The Morgan fingerprint density at radius 3 is 2.61 bits per heavy atom. The van der Waals surface area contributed by atoms with E-state index in [0.29, 0.717) is 6.42 Å². The lowest BCUT2D eigenvalue weighted by molar-refractivity contribution is -0.139. The molecule has 5 heteroatoms. The molecule has 98 valence electrons. The van der Waals surface area contributed by atoms with Gasteiger partial charge in [-0.15, -0.1) is 11.8 Å². The molecule has 0 aliphatic carbocycles. The van der Waals surface area contributed by atoms with Gasteiger partial charge in [0.15, 0.2) is 0 Å². The average Bonchev–Trinajstić information content (AvgIpc) is 2.33. The van der Waals surface area contributed by atoms with Crippen molar-refractivity contribution in [2.45, 2.75) is 26.1 Å². The van der Waals surface area contributed by atoms with E-state index in [-0.39, 0.29) is 17.9 Å². The molecule has 0 saturated carbocycles. The fourth-order valence-corrected chi connectivity index (χ4v) is 1.36. The monoisotopic (exact) mass is 258 g/mol. The van der Waals surface area contributed by atoms with Crippen molar-refractivity contribution in [2.24, 2.45) is 0 Å². The minimum Gasteiger partial charge on any atom is -0.492 e. The van der Waals surface area contributed by atoms with Crippen molar-refractivity contribution < 1.29 is 23.0 Å². The first-order valence-corrected chi connectivity index (χ1v) is 5.32.